The van der Waals surface area contributed by atoms with E-state index in [-0.39, 0.29) is 95.2 Å². The molecule has 0 aromatic heterocycles. The first-order valence-electron chi connectivity index (χ1n) is 27.5. The average Bonchev–Trinajstić information content (AvgIpc) is 1.61. The Labute approximate surface area is 525 Å². The van der Waals surface area contributed by atoms with Crippen LogP contribution >= 0.6 is 46.4 Å². The molecule has 1 aliphatic rings. The van der Waals surface area contributed by atoms with Gasteiger partial charge in [-0.15, -0.1) is 0 Å². The molecule has 0 spiro atoms. The van der Waals surface area contributed by atoms with E-state index in [0.29, 0.717) is 25.0 Å². The molecule has 458 valence electrons. The van der Waals surface area contributed by atoms with Crippen molar-refractivity contribution in [2.45, 2.75) is 105 Å². The molecule has 1 amide bonds. The van der Waals surface area contributed by atoms with Crippen LogP contribution in [0, 0.1) is 63.7 Å². The van der Waals surface area contributed by atoms with E-state index in [0.717, 1.165) is 29.7 Å². The molecule has 7 rings (SSSR count). The standard InChI is InChI=1S/C33H33Cl2F2N3O4.C19H27NO3.C15H7Cl2F2N/c1-6-44-31(42)18-10-13-24(25(14-18)43-5)39-30(41)29-27(20-8-7-9-22(35)28(20)37)33(17-38,26(40-29)16-32(2,3)4)21-12-11-19(34)15-23(21)36;1-6-23-18(22)16-8-7-15(14(2)11-16)12-17(21)13-20-10-9-19(3,4)5;16-11-4-5-12(14(18)7-11)10(8-20)6-9-2-1-3-13(17)15(9)19/h7-15,26-27,29,40H,6,16H2,1-5H3,(H,39,41);7-8,10-11H,6,9,12-13H2,1-5H3;1-7H/b;;10-6+/t26-,27-,29+,33-;;/m0../s1. The Morgan fingerprint density at radius 3 is 1.91 bits per heavy atom. The van der Waals surface area contributed by atoms with Crippen LogP contribution in [0.2, 0.25) is 20.1 Å². The van der Waals surface area contributed by atoms with Crippen molar-refractivity contribution >= 4 is 93.6 Å². The van der Waals surface area contributed by atoms with Crippen molar-refractivity contribution in [3.8, 4) is 17.9 Å². The predicted molar refractivity (Wildman–Crippen MR) is 335 cm³/mol. The number of aryl methyl sites for hydroxylation is 1. The van der Waals surface area contributed by atoms with Gasteiger partial charge in [0.15, 0.2) is 5.78 Å². The van der Waals surface area contributed by atoms with E-state index in [1.807, 2.05) is 46.0 Å². The molecular weight excluding hydrogens is 1200 g/mol. The number of esters is 2. The second-order valence-corrected chi connectivity index (χ2v) is 24.3. The third kappa shape index (κ3) is 18.7. The number of amides is 1. The number of Topliss-reactive ketones (excluding diaryl/α,β-unsaturated/α-hetero) is 1. The lowest BCUT2D eigenvalue weighted by Gasteiger charge is -2.37. The SMILES string of the molecule is CCOC(=O)c1ccc(CC(=O)CN=CCC(C)(C)C)c(C)c1.CCOC(=O)c1ccc(NC(=O)[C@@H]2N[C@@H](CC(C)(C)C)[C@](C#N)(c3ccc(Cl)cc3F)[C@H]2c2cccc(Cl)c2F)c(OC)c1.N#C/C(=C\c1cccc(Cl)c1F)c1ccc(Cl)cc1F. The van der Waals surface area contributed by atoms with Crippen LogP contribution in [-0.4, -0.2) is 68.8 Å². The molecule has 1 saturated heterocycles. The maximum atomic E-state index is 15.9. The summed E-state index contributed by atoms with van der Waals surface area (Å²) in [7, 11) is 1.38. The molecular formula is C67H67Cl4F4N5O7. The van der Waals surface area contributed by atoms with E-state index in [2.05, 4.69) is 42.5 Å². The Kier molecular flexibility index (Phi) is 25.3. The fraction of sp³-hybridized carbons (Fsp3) is 0.328. The van der Waals surface area contributed by atoms with Crippen molar-refractivity contribution in [3.63, 3.8) is 0 Å². The van der Waals surface area contributed by atoms with Gasteiger partial charge in [-0.1, -0.05) is 124 Å². The highest BCUT2D eigenvalue weighted by Crippen LogP contribution is 2.53. The van der Waals surface area contributed by atoms with Crippen LogP contribution in [0.25, 0.3) is 11.6 Å². The van der Waals surface area contributed by atoms with Crippen molar-refractivity contribution < 1.29 is 51.0 Å². The lowest BCUT2D eigenvalue weighted by Crippen LogP contribution is -2.45. The van der Waals surface area contributed by atoms with E-state index in [1.54, 1.807) is 32.0 Å². The Morgan fingerprint density at radius 2 is 1.34 bits per heavy atom. The molecule has 1 aliphatic heterocycles. The lowest BCUT2D eigenvalue weighted by atomic mass is 9.62. The number of carbonyl (C=O) groups excluding carboxylic acids is 4. The van der Waals surface area contributed by atoms with Crippen LogP contribution in [0.15, 0.2) is 114 Å². The van der Waals surface area contributed by atoms with Crippen molar-refractivity contribution in [1.29, 1.82) is 10.5 Å². The minimum atomic E-state index is -1.77. The van der Waals surface area contributed by atoms with Crippen LogP contribution in [0.5, 0.6) is 5.75 Å². The average molecular weight is 1270 g/mol. The summed E-state index contributed by atoms with van der Waals surface area (Å²) >= 11 is 23.6. The number of nitrogens with one attached hydrogen (secondary N) is 2. The molecule has 1 heterocycles. The first-order valence-corrected chi connectivity index (χ1v) is 29.0. The predicted octanol–water partition coefficient (Wildman–Crippen LogP) is 16.5. The van der Waals surface area contributed by atoms with Gasteiger partial charge in [-0.3, -0.25) is 14.6 Å². The number of halogens is 8. The van der Waals surface area contributed by atoms with Crippen LogP contribution in [-0.2, 0) is 30.9 Å². The number of rotatable bonds is 17. The zero-order chi connectivity index (χ0) is 64.6. The molecule has 87 heavy (non-hydrogen) atoms. The van der Waals surface area contributed by atoms with Gasteiger partial charge in [0.1, 0.15) is 34.4 Å². The van der Waals surface area contributed by atoms with Gasteiger partial charge in [0.2, 0.25) is 5.91 Å². The topological polar surface area (TPSA) is 180 Å². The van der Waals surface area contributed by atoms with E-state index in [1.165, 1.54) is 86.0 Å². The number of aliphatic imine (C=N–C) groups is 1. The fourth-order valence-corrected chi connectivity index (χ4v) is 10.3. The normalized spacial score (nSPS) is 16.5. The molecule has 20 heteroatoms. The van der Waals surface area contributed by atoms with Gasteiger partial charge in [0.05, 0.1) is 77.5 Å². The maximum absolute atomic E-state index is 15.9. The summed E-state index contributed by atoms with van der Waals surface area (Å²) in [5.41, 5.74) is 0.921. The van der Waals surface area contributed by atoms with E-state index in [4.69, 9.17) is 65.9 Å². The van der Waals surface area contributed by atoms with Gasteiger partial charge in [0, 0.05) is 45.1 Å². The zero-order valence-corrected chi connectivity index (χ0v) is 52.8. The summed E-state index contributed by atoms with van der Waals surface area (Å²) in [4.78, 5) is 54.3. The van der Waals surface area contributed by atoms with Gasteiger partial charge in [-0.2, -0.15) is 10.5 Å². The smallest absolute Gasteiger partial charge is 0.338 e. The van der Waals surface area contributed by atoms with Crippen LogP contribution in [0.1, 0.15) is 128 Å². The van der Waals surface area contributed by atoms with Gasteiger partial charge in [0.25, 0.3) is 0 Å². The first kappa shape index (κ1) is 70.2. The highest BCUT2D eigenvalue weighted by molar-refractivity contribution is 6.31. The second-order valence-electron chi connectivity index (χ2n) is 22.6. The molecule has 1 fully saturated rings. The molecule has 12 nitrogen and oxygen atoms in total. The summed E-state index contributed by atoms with van der Waals surface area (Å²) in [5.74, 6) is -5.40. The largest absolute Gasteiger partial charge is 0.495 e. The molecule has 0 unspecified atom stereocenters. The molecule has 6 aromatic carbocycles. The molecule has 2 N–H and O–H groups in total. The van der Waals surface area contributed by atoms with Gasteiger partial charge in [-0.25, -0.2) is 27.2 Å². The third-order valence-electron chi connectivity index (χ3n) is 13.7. The van der Waals surface area contributed by atoms with Gasteiger partial charge < -0.3 is 24.8 Å². The molecule has 0 saturated carbocycles. The lowest BCUT2D eigenvalue weighted by molar-refractivity contribution is -0.118. The Balaban J connectivity index is 0.000000268. The molecule has 0 radical (unpaired) electrons. The highest BCUT2D eigenvalue weighted by atomic mass is 35.5. The number of methoxy groups -OCH3 is 1. The summed E-state index contributed by atoms with van der Waals surface area (Å²) in [6.45, 7) is 18.3. The van der Waals surface area contributed by atoms with Gasteiger partial charge in [-0.05, 0) is 146 Å². The second kappa shape index (κ2) is 31.4. The van der Waals surface area contributed by atoms with Crippen molar-refractivity contribution in [2.75, 3.05) is 32.2 Å². The number of nitriles is 2. The number of ether oxygens (including phenoxy) is 3. The zero-order valence-electron chi connectivity index (χ0n) is 49.7. The number of hydrogen-bond acceptors (Lipinski definition) is 11. The minimum Gasteiger partial charge on any atom is -0.495 e. The Hall–Kier alpha value is -7.57. The van der Waals surface area contributed by atoms with Crippen molar-refractivity contribution in [2.24, 2.45) is 15.8 Å². The molecule has 0 aliphatic carbocycles. The molecule has 6 aromatic rings. The number of allylic oxidation sites excluding steroid dienone is 1. The number of nitrogens with zero attached hydrogens (tertiary/aromatic N) is 3. The third-order valence-corrected chi connectivity index (χ3v) is 14.7. The summed E-state index contributed by atoms with van der Waals surface area (Å²) in [6.07, 6.45) is 4.58. The van der Waals surface area contributed by atoms with Crippen LogP contribution < -0.4 is 15.4 Å². The van der Waals surface area contributed by atoms with Crippen LogP contribution in [0.3, 0.4) is 0 Å². The summed E-state index contributed by atoms with van der Waals surface area (Å²) in [5, 5.41) is 26.2. The van der Waals surface area contributed by atoms with Crippen molar-refractivity contribution in [3.05, 3.63) is 197 Å². The highest BCUT2D eigenvalue weighted by Gasteiger charge is 2.61. The van der Waals surface area contributed by atoms with E-state index < -0.39 is 64.0 Å². The van der Waals surface area contributed by atoms with Gasteiger partial charge >= 0.3 is 11.9 Å². The summed E-state index contributed by atoms with van der Waals surface area (Å²) < 4.78 is 74.7. The maximum Gasteiger partial charge on any atom is 0.338 e. The van der Waals surface area contributed by atoms with Crippen molar-refractivity contribution in [1.82, 2.24) is 5.32 Å². The van der Waals surface area contributed by atoms with E-state index in [9.17, 15) is 33.2 Å². The number of benzene rings is 6. The first-order chi connectivity index (χ1) is 41.0. The number of ketones is 1. The Morgan fingerprint density at radius 1 is 0.747 bits per heavy atom. The van der Waals surface area contributed by atoms with Crippen LogP contribution in [0.4, 0.5) is 23.2 Å². The summed E-state index contributed by atoms with van der Waals surface area (Å²) in [6, 6.07) is 28.4. The number of hydrogen-bond donors (Lipinski definition) is 2. The minimum absolute atomic E-state index is 0.0136. The number of anilines is 1. The number of carbonyl (C=O) groups is 4. The molecule has 4 atom stereocenters. The van der Waals surface area contributed by atoms with E-state index >= 15 is 8.78 Å². The Bertz CT molecular complexity index is 3650. The molecule has 0 bridgehead atoms. The fourth-order valence-electron chi connectivity index (χ4n) is 9.58. The monoisotopic (exact) mass is 1270 g/mol. The quantitative estimate of drug-likeness (QED) is 0.0293.